The molecule has 18 heavy (non-hydrogen) atoms. The predicted octanol–water partition coefficient (Wildman–Crippen LogP) is 0.651. The third-order valence-corrected chi connectivity index (χ3v) is 4.17. The number of nitrogens with two attached hydrogens (primary N) is 1. The van der Waals surface area contributed by atoms with Crippen LogP contribution in [-0.4, -0.2) is 28.0 Å². The number of hydrogen-bond donors (Lipinski definition) is 2. The van der Waals surface area contributed by atoms with Gasteiger partial charge in [-0.05, 0) is 19.3 Å². The Hall–Kier alpha value is -1.14. The van der Waals surface area contributed by atoms with Crippen molar-refractivity contribution in [2.45, 2.75) is 50.1 Å². The molecule has 1 atom stereocenters. The van der Waals surface area contributed by atoms with E-state index in [0.717, 1.165) is 37.9 Å². The first-order valence-electron chi connectivity index (χ1n) is 6.75. The SMILES string of the molecule is NC1(c2n[nH]c(=O)n2C2CCOC2)CCCCC1. The predicted molar refractivity (Wildman–Crippen MR) is 66.3 cm³/mol. The van der Waals surface area contributed by atoms with Crippen molar-refractivity contribution in [1.29, 1.82) is 0 Å². The Morgan fingerprint density at radius 3 is 2.83 bits per heavy atom. The number of nitrogens with one attached hydrogen (secondary N) is 1. The number of ether oxygens (including phenoxy) is 1. The molecule has 1 aromatic heterocycles. The lowest BCUT2D eigenvalue weighted by molar-refractivity contribution is 0.183. The Morgan fingerprint density at radius 1 is 1.39 bits per heavy atom. The van der Waals surface area contributed by atoms with Crippen molar-refractivity contribution in [3.05, 3.63) is 16.3 Å². The first-order chi connectivity index (χ1) is 8.71. The van der Waals surface area contributed by atoms with E-state index in [1.54, 1.807) is 4.57 Å². The van der Waals surface area contributed by atoms with Crippen LogP contribution in [0.25, 0.3) is 0 Å². The molecule has 2 heterocycles. The molecule has 0 radical (unpaired) electrons. The van der Waals surface area contributed by atoms with Crippen LogP contribution in [0, 0.1) is 0 Å². The van der Waals surface area contributed by atoms with Crippen LogP contribution >= 0.6 is 0 Å². The van der Waals surface area contributed by atoms with Gasteiger partial charge in [0.1, 0.15) is 0 Å². The summed E-state index contributed by atoms with van der Waals surface area (Å²) in [4.78, 5) is 11.9. The van der Waals surface area contributed by atoms with Gasteiger partial charge in [-0.3, -0.25) is 4.57 Å². The third-order valence-electron chi connectivity index (χ3n) is 4.17. The third kappa shape index (κ3) is 1.89. The Labute approximate surface area is 106 Å². The van der Waals surface area contributed by atoms with Crippen molar-refractivity contribution in [2.24, 2.45) is 5.73 Å². The summed E-state index contributed by atoms with van der Waals surface area (Å²) in [7, 11) is 0. The van der Waals surface area contributed by atoms with Crippen LogP contribution in [0.15, 0.2) is 4.79 Å². The second kappa shape index (κ2) is 4.51. The summed E-state index contributed by atoms with van der Waals surface area (Å²) < 4.78 is 7.10. The van der Waals surface area contributed by atoms with E-state index in [4.69, 9.17) is 10.5 Å². The van der Waals surface area contributed by atoms with E-state index in [1.165, 1.54) is 6.42 Å². The second-order valence-electron chi connectivity index (χ2n) is 5.46. The number of hydrogen-bond acceptors (Lipinski definition) is 4. The monoisotopic (exact) mass is 252 g/mol. The zero-order chi connectivity index (χ0) is 12.6. The van der Waals surface area contributed by atoms with Crippen molar-refractivity contribution < 1.29 is 4.74 Å². The molecule has 1 aliphatic carbocycles. The first-order valence-corrected chi connectivity index (χ1v) is 6.75. The summed E-state index contributed by atoms with van der Waals surface area (Å²) in [5.74, 6) is 0.725. The maximum atomic E-state index is 11.9. The summed E-state index contributed by atoms with van der Waals surface area (Å²) in [5, 5.41) is 6.76. The molecule has 3 rings (SSSR count). The van der Waals surface area contributed by atoms with Crippen LogP contribution in [0.4, 0.5) is 0 Å². The van der Waals surface area contributed by atoms with E-state index in [1.807, 2.05) is 0 Å². The van der Waals surface area contributed by atoms with Gasteiger partial charge in [-0.15, -0.1) is 0 Å². The standard InChI is InChI=1S/C12H20N4O2/c13-12(5-2-1-3-6-12)10-14-15-11(17)16(10)9-4-7-18-8-9/h9H,1-8,13H2,(H,15,17). The molecule has 2 fully saturated rings. The summed E-state index contributed by atoms with van der Waals surface area (Å²) in [6.45, 7) is 1.29. The zero-order valence-corrected chi connectivity index (χ0v) is 10.5. The molecule has 0 aromatic carbocycles. The highest BCUT2D eigenvalue weighted by Crippen LogP contribution is 2.34. The molecule has 1 saturated carbocycles. The van der Waals surface area contributed by atoms with Crippen molar-refractivity contribution in [1.82, 2.24) is 14.8 Å². The number of H-pyrrole nitrogens is 1. The molecule has 1 unspecified atom stereocenters. The van der Waals surface area contributed by atoms with E-state index in [9.17, 15) is 4.79 Å². The van der Waals surface area contributed by atoms with E-state index in [0.29, 0.717) is 13.2 Å². The molecule has 0 spiro atoms. The number of aromatic nitrogens is 3. The van der Waals surface area contributed by atoms with Gasteiger partial charge in [0.25, 0.3) is 0 Å². The first kappa shape index (κ1) is 11.9. The molecule has 6 heteroatoms. The summed E-state index contributed by atoms with van der Waals surface area (Å²) >= 11 is 0. The van der Waals surface area contributed by atoms with E-state index in [2.05, 4.69) is 10.2 Å². The van der Waals surface area contributed by atoms with E-state index in [-0.39, 0.29) is 11.7 Å². The molecule has 1 aromatic rings. The Morgan fingerprint density at radius 2 is 2.17 bits per heavy atom. The number of nitrogens with zero attached hydrogens (tertiary/aromatic N) is 2. The van der Waals surface area contributed by atoms with Gasteiger partial charge < -0.3 is 10.5 Å². The van der Waals surface area contributed by atoms with Gasteiger partial charge in [-0.1, -0.05) is 19.3 Å². The average Bonchev–Trinajstić information content (AvgIpc) is 2.98. The highest BCUT2D eigenvalue weighted by molar-refractivity contribution is 5.08. The van der Waals surface area contributed by atoms with Gasteiger partial charge in [0.15, 0.2) is 5.82 Å². The number of aromatic amines is 1. The fraction of sp³-hybridized carbons (Fsp3) is 0.833. The van der Waals surface area contributed by atoms with Gasteiger partial charge >= 0.3 is 5.69 Å². The molecule has 2 aliphatic rings. The van der Waals surface area contributed by atoms with Gasteiger partial charge in [0.2, 0.25) is 0 Å². The average molecular weight is 252 g/mol. The van der Waals surface area contributed by atoms with Crippen molar-refractivity contribution >= 4 is 0 Å². The summed E-state index contributed by atoms with van der Waals surface area (Å²) in [6, 6.07) is 0.0913. The molecule has 1 aliphatic heterocycles. The molecule has 1 saturated heterocycles. The Bertz CT molecular complexity index is 467. The molecule has 6 nitrogen and oxygen atoms in total. The smallest absolute Gasteiger partial charge is 0.343 e. The minimum absolute atomic E-state index is 0.0913. The van der Waals surface area contributed by atoms with Gasteiger partial charge in [0.05, 0.1) is 18.2 Å². The molecular weight excluding hydrogens is 232 g/mol. The summed E-state index contributed by atoms with van der Waals surface area (Å²) in [5.41, 5.74) is 5.88. The molecule has 3 N–H and O–H groups in total. The highest BCUT2D eigenvalue weighted by atomic mass is 16.5. The Kier molecular flexibility index (Phi) is 2.99. The minimum Gasteiger partial charge on any atom is -0.379 e. The maximum absolute atomic E-state index is 11.9. The van der Waals surface area contributed by atoms with E-state index >= 15 is 0 Å². The fourth-order valence-electron chi connectivity index (χ4n) is 3.13. The van der Waals surface area contributed by atoms with Crippen molar-refractivity contribution in [2.75, 3.05) is 13.2 Å². The van der Waals surface area contributed by atoms with Crippen molar-refractivity contribution in [3.63, 3.8) is 0 Å². The second-order valence-corrected chi connectivity index (χ2v) is 5.46. The zero-order valence-electron chi connectivity index (χ0n) is 10.5. The lowest BCUT2D eigenvalue weighted by atomic mass is 9.82. The van der Waals surface area contributed by atoms with Crippen LogP contribution in [-0.2, 0) is 10.3 Å². The van der Waals surface area contributed by atoms with Crippen molar-refractivity contribution in [3.8, 4) is 0 Å². The van der Waals surface area contributed by atoms with Gasteiger partial charge in [-0.25, -0.2) is 9.89 Å². The normalized spacial score (nSPS) is 27.5. The van der Waals surface area contributed by atoms with Crippen LogP contribution in [0.1, 0.15) is 50.4 Å². The lowest BCUT2D eigenvalue weighted by Crippen LogP contribution is -2.43. The van der Waals surface area contributed by atoms with Crippen LogP contribution < -0.4 is 11.4 Å². The highest BCUT2D eigenvalue weighted by Gasteiger charge is 2.37. The molecule has 0 amide bonds. The lowest BCUT2D eigenvalue weighted by Gasteiger charge is -2.33. The quantitative estimate of drug-likeness (QED) is 0.809. The largest absolute Gasteiger partial charge is 0.379 e. The van der Waals surface area contributed by atoms with Crippen LogP contribution in [0.5, 0.6) is 0 Å². The van der Waals surface area contributed by atoms with Crippen LogP contribution in [0.2, 0.25) is 0 Å². The Balaban J connectivity index is 1.98. The minimum atomic E-state index is -0.444. The van der Waals surface area contributed by atoms with Gasteiger partial charge in [-0.2, -0.15) is 5.10 Å². The maximum Gasteiger partial charge on any atom is 0.343 e. The topological polar surface area (TPSA) is 85.9 Å². The molecular formula is C12H20N4O2. The number of rotatable bonds is 2. The molecule has 100 valence electrons. The molecule has 0 bridgehead atoms. The summed E-state index contributed by atoms with van der Waals surface area (Å²) in [6.07, 6.45) is 6.12. The van der Waals surface area contributed by atoms with Crippen LogP contribution in [0.3, 0.4) is 0 Å². The fourth-order valence-corrected chi connectivity index (χ4v) is 3.13. The van der Waals surface area contributed by atoms with E-state index < -0.39 is 5.54 Å². The van der Waals surface area contributed by atoms with Gasteiger partial charge in [0, 0.05) is 6.61 Å².